The van der Waals surface area contributed by atoms with Crippen LogP contribution in [0.25, 0.3) is 11.0 Å². The summed E-state index contributed by atoms with van der Waals surface area (Å²) in [6, 6.07) is 5.98. The minimum atomic E-state index is -0.0578. The van der Waals surface area contributed by atoms with Gasteiger partial charge in [-0.05, 0) is 49.8 Å². The smallest absolute Gasteiger partial charge is 0.277 e. The summed E-state index contributed by atoms with van der Waals surface area (Å²) in [6.45, 7) is 9.10. The fourth-order valence-electron chi connectivity index (χ4n) is 4.50. The van der Waals surface area contributed by atoms with Crippen LogP contribution >= 0.6 is 0 Å². The predicted octanol–water partition coefficient (Wildman–Crippen LogP) is 5.08. The Morgan fingerprint density at radius 1 is 1.21 bits per heavy atom. The highest BCUT2D eigenvalue weighted by molar-refractivity contribution is 5.97. The summed E-state index contributed by atoms with van der Waals surface area (Å²) in [7, 11) is 0. The molecule has 1 saturated carbocycles. The Hall–Kier alpha value is -1.88. The van der Waals surface area contributed by atoms with Crippen molar-refractivity contribution < 1.29 is 9.63 Å². The van der Waals surface area contributed by atoms with Crippen LogP contribution in [0.15, 0.2) is 18.2 Å². The van der Waals surface area contributed by atoms with Crippen LogP contribution in [-0.2, 0) is 16.8 Å². The standard InChI is InChI=1S/C23H33N3O2/c1-4-23(2,3)22-24-19-15-18(21(27)26-13-8-14-28-26)11-12-20(19)25(22)16-17-9-6-5-7-10-17/h11-12,15,17H,4-10,13-14,16H2,1-3H3. The molecule has 0 N–H and O–H groups in total. The molecule has 2 aromatic rings. The lowest BCUT2D eigenvalue weighted by molar-refractivity contribution is -0.0768. The van der Waals surface area contributed by atoms with Gasteiger partial charge in [-0.15, -0.1) is 0 Å². The monoisotopic (exact) mass is 383 g/mol. The molecule has 152 valence electrons. The number of fused-ring (bicyclic) bond motifs is 1. The first kappa shape index (κ1) is 19.4. The molecule has 5 heteroatoms. The normalized spacial score (nSPS) is 18.9. The summed E-state index contributed by atoms with van der Waals surface area (Å²) in [5.41, 5.74) is 2.76. The van der Waals surface area contributed by atoms with Crippen LogP contribution in [-0.4, -0.2) is 33.7 Å². The molecule has 1 saturated heterocycles. The number of hydrogen-bond acceptors (Lipinski definition) is 3. The average molecular weight is 384 g/mol. The van der Waals surface area contributed by atoms with Gasteiger partial charge in [-0.1, -0.05) is 40.0 Å². The molecular weight excluding hydrogens is 350 g/mol. The van der Waals surface area contributed by atoms with Crippen molar-refractivity contribution in [1.29, 1.82) is 0 Å². The molecule has 1 amide bonds. The van der Waals surface area contributed by atoms with Gasteiger partial charge in [0.25, 0.3) is 5.91 Å². The van der Waals surface area contributed by atoms with E-state index in [9.17, 15) is 4.79 Å². The van der Waals surface area contributed by atoms with E-state index >= 15 is 0 Å². The number of rotatable bonds is 5. The SMILES string of the molecule is CCC(C)(C)c1nc2cc(C(=O)N3CCCO3)ccc2n1CC1CCCCC1. The number of hydroxylamine groups is 2. The zero-order valence-corrected chi connectivity index (χ0v) is 17.5. The van der Waals surface area contributed by atoms with E-state index in [-0.39, 0.29) is 11.3 Å². The highest BCUT2D eigenvalue weighted by atomic mass is 16.7. The minimum absolute atomic E-state index is 0.00984. The lowest BCUT2D eigenvalue weighted by atomic mass is 9.87. The van der Waals surface area contributed by atoms with Crippen molar-refractivity contribution in [3.8, 4) is 0 Å². The summed E-state index contributed by atoms with van der Waals surface area (Å²) in [6.07, 6.45) is 8.63. The second-order valence-electron chi connectivity index (χ2n) is 9.09. The molecule has 1 aromatic carbocycles. The van der Waals surface area contributed by atoms with Crippen molar-refractivity contribution in [2.24, 2.45) is 5.92 Å². The number of carbonyl (C=O) groups excluding carboxylic acids is 1. The number of hydrogen-bond donors (Lipinski definition) is 0. The molecule has 5 nitrogen and oxygen atoms in total. The molecule has 0 bridgehead atoms. The maximum atomic E-state index is 12.7. The van der Waals surface area contributed by atoms with E-state index in [2.05, 4.69) is 31.4 Å². The highest BCUT2D eigenvalue weighted by Gasteiger charge is 2.28. The van der Waals surface area contributed by atoms with Gasteiger partial charge in [0, 0.05) is 17.5 Å². The maximum absolute atomic E-state index is 12.7. The third-order valence-corrected chi connectivity index (χ3v) is 6.63. The third-order valence-electron chi connectivity index (χ3n) is 6.63. The molecule has 2 heterocycles. The average Bonchev–Trinajstić information content (AvgIpc) is 3.37. The molecule has 0 radical (unpaired) electrons. The van der Waals surface area contributed by atoms with Crippen molar-refractivity contribution in [3.63, 3.8) is 0 Å². The molecule has 2 aliphatic rings. The fraction of sp³-hybridized carbons (Fsp3) is 0.652. The van der Waals surface area contributed by atoms with E-state index in [1.165, 1.54) is 37.2 Å². The molecule has 0 atom stereocenters. The van der Waals surface area contributed by atoms with E-state index in [1.807, 2.05) is 12.1 Å². The van der Waals surface area contributed by atoms with Crippen LogP contribution < -0.4 is 0 Å². The Kier molecular flexibility index (Phi) is 5.46. The number of nitrogens with zero attached hydrogens (tertiary/aromatic N) is 3. The predicted molar refractivity (Wildman–Crippen MR) is 111 cm³/mol. The molecule has 1 aliphatic carbocycles. The van der Waals surface area contributed by atoms with Gasteiger partial charge in [0.15, 0.2) is 0 Å². The van der Waals surface area contributed by atoms with Crippen molar-refractivity contribution in [1.82, 2.24) is 14.6 Å². The van der Waals surface area contributed by atoms with Gasteiger partial charge in [-0.25, -0.2) is 10.0 Å². The molecule has 0 unspecified atom stereocenters. The molecule has 2 fully saturated rings. The summed E-state index contributed by atoms with van der Waals surface area (Å²) in [5.74, 6) is 1.83. The summed E-state index contributed by atoms with van der Waals surface area (Å²) < 4.78 is 2.44. The topological polar surface area (TPSA) is 47.4 Å². The quantitative estimate of drug-likeness (QED) is 0.723. The lowest BCUT2D eigenvalue weighted by Gasteiger charge is -2.27. The Balaban J connectivity index is 1.72. The summed E-state index contributed by atoms with van der Waals surface area (Å²) in [4.78, 5) is 23.2. The van der Waals surface area contributed by atoms with Gasteiger partial charge in [-0.2, -0.15) is 0 Å². The van der Waals surface area contributed by atoms with Crippen LogP contribution in [0.5, 0.6) is 0 Å². The number of aromatic nitrogens is 2. The first-order valence-electron chi connectivity index (χ1n) is 10.9. The van der Waals surface area contributed by atoms with Crippen LogP contribution in [0.1, 0.15) is 81.9 Å². The van der Waals surface area contributed by atoms with Gasteiger partial charge < -0.3 is 4.57 Å². The molecular formula is C23H33N3O2. The molecule has 1 aliphatic heterocycles. The number of carbonyl (C=O) groups is 1. The van der Waals surface area contributed by atoms with E-state index in [0.717, 1.165) is 42.2 Å². The van der Waals surface area contributed by atoms with Crippen molar-refractivity contribution in [2.45, 2.75) is 77.7 Å². The van der Waals surface area contributed by atoms with Crippen LogP contribution in [0.2, 0.25) is 0 Å². The summed E-state index contributed by atoms with van der Waals surface area (Å²) in [5, 5.41) is 1.48. The highest BCUT2D eigenvalue weighted by Crippen LogP contribution is 2.33. The van der Waals surface area contributed by atoms with Crippen LogP contribution in [0.3, 0.4) is 0 Å². The Labute approximate surface area is 168 Å². The van der Waals surface area contributed by atoms with E-state index in [0.29, 0.717) is 18.7 Å². The number of imidazole rings is 1. The molecule has 0 spiro atoms. The Morgan fingerprint density at radius 3 is 2.68 bits per heavy atom. The largest absolute Gasteiger partial charge is 0.327 e. The number of amides is 1. The van der Waals surface area contributed by atoms with Crippen molar-refractivity contribution in [3.05, 3.63) is 29.6 Å². The second-order valence-corrected chi connectivity index (χ2v) is 9.09. The molecule has 4 rings (SSSR count). The first-order chi connectivity index (χ1) is 13.5. The van der Waals surface area contributed by atoms with Crippen molar-refractivity contribution >= 4 is 16.9 Å². The van der Waals surface area contributed by atoms with E-state index < -0.39 is 0 Å². The second kappa shape index (κ2) is 7.86. The minimum Gasteiger partial charge on any atom is -0.327 e. The van der Waals surface area contributed by atoms with Gasteiger partial charge in [0.05, 0.1) is 24.2 Å². The van der Waals surface area contributed by atoms with Gasteiger partial charge in [-0.3, -0.25) is 9.63 Å². The third kappa shape index (κ3) is 3.69. The van der Waals surface area contributed by atoms with Gasteiger partial charge >= 0.3 is 0 Å². The Morgan fingerprint density at radius 2 is 2.00 bits per heavy atom. The maximum Gasteiger partial charge on any atom is 0.277 e. The van der Waals surface area contributed by atoms with Crippen molar-refractivity contribution in [2.75, 3.05) is 13.2 Å². The molecule has 28 heavy (non-hydrogen) atoms. The fourth-order valence-corrected chi connectivity index (χ4v) is 4.50. The van der Waals surface area contributed by atoms with Crippen LogP contribution in [0.4, 0.5) is 0 Å². The van der Waals surface area contributed by atoms with Crippen LogP contribution in [0, 0.1) is 5.92 Å². The molecule has 1 aromatic heterocycles. The zero-order valence-electron chi connectivity index (χ0n) is 17.5. The van der Waals surface area contributed by atoms with Gasteiger partial charge in [0.1, 0.15) is 5.82 Å². The van der Waals surface area contributed by atoms with E-state index in [1.54, 1.807) is 0 Å². The van der Waals surface area contributed by atoms with E-state index in [4.69, 9.17) is 9.82 Å². The Bertz CT molecular complexity index is 843. The lowest BCUT2D eigenvalue weighted by Crippen LogP contribution is -2.26. The zero-order chi connectivity index (χ0) is 19.7. The summed E-state index contributed by atoms with van der Waals surface area (Å²) >= 11 is 0. The first-order valence-corrected chi connectivity index (χ1v) is 10.9. The number of benzene rings is 1. The van der Waals surface area contributed by atoms with Gasteiger partial charge in [0.2, 0.25) is 0 Å².